The molecule has 1 unspecified atom stereocenters. The third kappa shape index (κ3) is 3.07. The van der Waals surface area contributed by atoms with Crippen molar-refractivity contribution in [2.75, 3.05) is 25.0 Å². The highest BCUT2D eigenvalue weighted by atomic mass is 35.5. The number of anilines is 1. The molecule has 4 nitrogen and oxygen atoms in total. The first kappa shape index (κ1) is 13.9. The van der Waals surface area contributed by atoms with Crippen LogP contribution >= 0.6 is 11.6 Å². The summed E-state index contributed by atoms with van der Waals surface area (Å²) in [5, 5.41) is 3.25. The summed E-state index contributed by atoms with van der Waals surface area (Å²) < 4.78 is 0. The second kappa shape index (κ2) is 6.06. The van der Waals surface area contributed by atoms with Crippen molar-refractivity contribution in [3.8, 4) is 0 Å². The highest BCUT2D eigenvalue weighted by molar-refractivity contribution is 6.33. The van der Waals surface area contributed by atoms with Gasteiger partial charge in [0.1, 0.15) is 6.29 Å². The van der Waals surface area contributed by atoms with Gasteiger partial charge in [-0.3, -0.25) is 9.59 Å². The molecule has 0 saturated carbocycles. The van der Waals surface area contributed by atoms with Crippen LogP contribution in [0, 0.1) is 5.92 Å². The van der Waals surface area contributed by atoms with E-state index in [1.165, 1.54) is 0 Å². The Morgan fingerprint density at radius 3 is 2.95 bits per heavy atom. The Kier molecular flexibility index (Phi) is 4.43. The lowest BCUT2D eigenvalue weighted by atomic mass is 9.96. The van der Waals surface area contributed by atoms with Crippen LogP contribution in [0.15, 0.2) is 18.2 Å². The van der Waals surface area contributed by atoms with Crippen molar-refractivity contribution >= 4 is 29.5 Å². The highest BCUT2D eigenvalue weighted by Gasteiger charge is 2.26. The summed E-state index contributed by atoms with van der Waals surface area (Å²) in [6.07, 6.45) is 2.64. The largest absolute Gasteiger partial charge is 0.370 e. The molecule has 1 aliphatic heterocycles. The molecule has 1 N–H and O–H groups in total. The first-order chi connectivity index (χ1) is 9.15. The van der Waals surface area contributed by atoms with Gasteiger partial charge in [-0.15, -0.1) is 0 Å². The van der Waals surface area contributed by atoms with E-state index in [1.54, 1.807) is 19.2 Å². The fourth-order valence-corrected chi connectivity index (χ4v) is 2.78. The van der Waals surface area contributed by atoms with E-state index in [-0.39, 0.29) is 11.8 Å². The molecule has 0 radical (unpaired) electrons. The zero-order valence-corrected chi connectivity index (χ0v) is 11.6. The number of nitrogens with zero attached hydrogens (tertiary/aromatic N) is 1. The van der Waals surface area contributed by atoms with Crippen LogP contribution in [0.25, 0.3) is 0 Å². The Morgan fingerprint density at radius 2 is 2.32 bits per heavy atom. The molecule has 1 aromatic rings. The minimum Gasteiger partial charge on any atom is -0.370 e. The third-order valence-corrected chi connectivity index (χ3v) is 3.79. The fourth-order valence-electron chi connectivity index (χ4n) is 2.47. The van der Waals surface area contributed by atoms with Crippen LogP contribution in [-0.4, -0.2) is 32.3 Å². The summed E-state index contributed by atoms with van der Waals surface area (Å²) in [7, 11) is 1.66. The van der Waals surface area contributed by atoms with Gasteiger partial charge in [0.25, 0.3) is 0 Å². The molecule has 1 fully saturated rings. The van der Waals surface area contributed by atoms with Gasteiger partial charge in [-0.25, -0.2) is 0 Å². The average Bonchev–Trinajstić information content (AvgIpc) is 2.46. The minimum absolute atomic E-state index is 0.000522. The van der Waals surface area contributed by atoms with Crippen LogP contribution in [0.4, 0.5) is 5.69 Å². The summed E-state index contributed by atoms with van der Waals surface area (Å²) in [6.45, 7) is 1.55. The van der Waals surface area contributed by atoms with E-state index in [2.05, 4.69) is 10.2 Å². The molecule has 19 heavy (non-hydrogen) atoms. The number of piperidine rings is 1. The van der Waals surface area contributed by atoms with Crippen molar-refractivity contribution < 1.29 is 9.59 Å². The molecule has 0 bridgehead atoms. The summed E-state index contributed by atoms with van der Waals surface area (Å²) in [5.74, 6) is 0.0749. The molecular formula is C14H17ClN2O2. The Hall–Kier alpha value is -1.55. The topological polar surface area (TPSA) is 49.4 Å². The van der Waals surface area contributed by atoms with E-state index in [1.807, 2.05) is 6.07 Å². The van der Waals surface area contributed by atoms with Gasteiger partial charge in [-0.2, -0.15) is 0 Å². The number of hydrogen-bond acceptors (Lipinski definition) is 3. The molecule has 0 aliphatic carbocycles. The number of benzene rings is 1. The van der Waals surface area contributed by atoms with Crippen molar-refractivity contribution in [3.63, 3.8) is 0 Å². The maximum absolute atomic E-state index is 11.7. The van der Waals surface area contributed by atoms with E-state index in [4.69, 9.17) is 11.6 Å². The van der Waals surface area contributed by atoms with Crippen molar-refractivity contribution in [2.45, 2.75) is 12.8 Å². The molecular weight excluding hydrogens is 264 g/mol. The van der Waals surface area contributed by atoms with E-state index in [0.717, 1.165) is 31.4 Å². The van der Waals surface area contributed by atoms with Crippen LogP contribution in [0.2, 0.25) is 5.02 Å². The Balaban J connectivity index is 2.17. The van der Waals surface area contributed by atoms with Gasteiger partial charge in [0.15, 0.2) is 0 Å². The Labute approximate surface area is 117 Å². The van der Waals surface area contributed by atoms with E-state index in [9.17, 15) is 9.59 Å². The smallest absolute Gasteiger partial charge is 0.224 e. The maximum Gasteiger partial charge on any atom is 0.224 e. The molecule has 1 saturated heterocycles. The highest BCUT2D eigenvalue weighted by Crippen LogP contribution is 2.30. The minimum atomic E-state index is 0.000522. The molecule has 5 heteroatoms. The lowest BCUT2D eigenvalue weighted by Gasteiger charge is -2.34. The number of rotatable bonds is 3. The van der Waals surface area contributed by atoms with Crippen molar-refractivity contribution in [1.29, 1.82) is 0 Å². The second-order valence-corrected chi connectivity index (χ2v) is 5.14. The summed E-state index contributed by atoms with van der Waals surface area (Å²) in [6, 6.07) is 5.25. The molecule has 0 spiro atoms. The third-order valence-electron chi connectivity index (χ3n) is 3.49. The molecule has 1 aromatic carbocycles. The van der Waals surface area contributed by atoms with E-state index in [0.29, 0.717) is 17.1 Å². The Morgan fingerprint density at radius 1 is 1.53 bits per heavy atom. The van der Waals surface area contributed by atoms with Gasteiger partial charge in [0.2, 0.25) is 5.91 Å². The number of aldehydes is 1. The fraction of sp³-hybridized carbons (Fsp3) is 0.429. The van der Waals surface area contributed by atoms with Crippen LogP contribution < -0.4 is 10.2 Å². The molecule has 2 rings (SSSR count). The van der Waals surface area contributed by atoms with Crippen LogP contribution in [-0.2, 0) is 4.79 Å². The van der Waals surface area contributed by atoms with Crippen molar-refractivity contribution in [2.24, 2.45) is 5.92 Å². The van der Waals surface area contributed by atoms with Gasteiger partial charge in [0, 0.05) is 25.7 Å². The zero-order chi connectivity index (χ0) is 13.8. The first-order valence-corrected chi connectivity index (χ1v) is 6.74. The van der Waals surface area contributed by atoms with Crippen LogP contribution in [0.1, 0.15) is 23.2 Å². The number of halogens is 1. The molecule has 1 aliphatic rings. The molecule has 102 valence electrons. The maximum atomic E-state index is 11.7. The van der Waals surface area contributed by atoms with Gasteiger partial charge >= 0.3 is 0 Å². The summed E-state index contributed by atoms with van der Waals surface area (Å²) in [5.41, 5.74) is 1.45. The predicted octanol–water partition coefficient (Wildman–Crippen LogP) is 2.11. The number of nitrogens with one attached hydrogen (secondary N) is 1. The monoisotopic (exact) mass is 280 g/mol. The number of amides is 1. The van der Waals surface area contributed by atoms with Gasteiger partial charge in [0.05, 0.1) is 16.6 Å². The first-order valence-electron chi connectivity index (χ1n) is 6.37. The normalized spacial score (nSPS) is 19.1. The predicted molar refractivity (Wildman–Crippen MR) is 75.8 cm³/mol. The lowest BCUT2D eigenvalue weighted by molar-refractivity contribution is -0.124. The average molecular weight is 281 g/mol. The van der Waals surface area contributed by atoms with Crippen molar-refractivity contribution in [3.05, 3.63) is 28.8 Å². The molecule has 0 aromatic heterocycles. The molecule has 1 atom stereocenters. The van der Waals surface area contributed by atoms with Gasteiger partial charge in [-0.05, 0) is 31.0 Å². The van der Waals surface area contributed by atoms with Crippen molar-refractivity contribution in [1.82, 2.24) is 5.32 Å². The van der Waals surface area contributed by atoms with E-state index < -0.39 is 0 Å². The van der Waals surface area contributed by atoms with Gasteiger partial charge in [-0.1, -0.05) is 11.6 Å². The Bertz CT molecular complexity index is 490. The lowest BCUT2D eigenvalue weighted by Crippen LogP contribution is -2.42. The molecule has 1 heterocycles. The van der Waals surface area contributed by atoms with Crippen LogP contribution in [0.5, 0.6) is 0 Å². The summed E-state index contributed by atoms with van der Waals surface area (Å²) >= 11 is 6.20. The quantitative estimate of drug-likeness (QED) is 0.863. The summed E-state index contributed by atoms with van der Waals surface area (Å²) in [4.78, 5) is 24.5. The number of carbonyl (C=O) groups is 2. The number of carbonyl (C=O) groups excluding carboxylic acids is 2. The van der Waals surface area contributed by atoms with Crippen LogP contribution in [0.3, 0.4) is 0 Å². The standard InChI is InChI=1S/C14H17ClN2O2/c1-16-14(19)11-3-2-6-17(8-11)13-5-4-10(9-18)7-12(13)15/h4-5,7,9,11H,2-3,6,8H2,1H3,(H,16,19). The second-order valence-electron chi connectivity index (χ2n) is 4.73. The molecule has 1 amide bonds. The van der Waals surface area contributed by atoms with E-state index >= 15 is 0 Å². The number of hydrogen-bond donors (Lipinski definition) is 1. The SMILES string of the molecule is CNC(=O)C1CCCN(c2ccc(C=O)cc2Cl)C1. The van der Waals surface area contributed by atoms with Gasteiger partial charge < -0.3 is 10.2 Å². The zero-order valence-electron chi connectivity index (χ0n) is 10.9.